The number of aromatic nitrogens is 2. The highest BCUT2D eigenvalue weighted by molar-refractivity contribution is 6.30. The van der Waals surface area contributed by atoms with Gasteiger partial charge in [-0.1, -0.05) is 72.3 Å². The predicted octanol–water partition coefficient (Wildman–Crippen LogP) is 1.11. The van der Waals surface area contributed by atoms with Gasteiger partial charge in [0.25, 0.3) is 5.56 Å². The Bertz CT molecular complexity index is 1280. The minimum absolute atomic E-state index is 0. The van der Waals surface area contributed by atoms with Crippen molar-refractivity contribution in [2.75, 3.05) is 19.6 Å². The van der Waals surface area contributed by atoms with E-state index in [1.54, 1.807) is 9.58 Å². The van der Waals surface area contributed by atoms with Crippen LogP contribution in [0.5, 0.6) is 0 Å². The average molecular weight is 494 g/mol. The van der Waals surface area contributed by atoms with Crippen molar-refractivity contribution in [3.8, 4) is 0 Å². The van der Waals surface area contributed by atoms with Gasteiger partial charge in [0.1, 0.15) is 0 Å². The molecule has 176 valence electrons. The number of hydrogen-bond donors (Lipinski definition) is 1. The lowest BCUT2D eigenvalue weighted by Gasteiger charge is -2.30. The first-order valence-electron chi connectivity index (χ1n) is 11.8. The van der Waals surface area contributed by atoms with Crippen molar-refractivity contribution in [2.45, 2.75) is 31.7 Å². The second kappa shape index (κ2) is 11.2. The maximum absolute atomic E-state index is 13.3. The van der Waals surface area contributed by atoms with Crippen LogP contribution in [0.15, 0.2) is 83.7 Å². The highest BCUT2D eigenvalue weighted by Gasteiger charge is 2.26. The Kier molecular flexibility index (Phi) is 8.04. The maximum Gasteiger partial charge on any atom is 0.274 e. The number of nitrogens with zero attached hydrogens (tertiary/aromatic N) is 2. The molecule has 0 atom stereocenters. The van der Waals surface area contributed by atoms with Gasteiger partial charge in [0.05, 0.1) is 36.8 Å². The number of likely N-dealkylation sites (tertiary alicyclic amines) is 1. The van der Waals surface area contributed by atoms with Gasteiger partial charge in [-0.25, -0.2) is 4.68 Å². The molecule has 1 fully saturated rings. The van der Waals surface area contributed by atoms with E-state index in [0.717, 1.165) is 65.9 Å². The molecule has 1 saturated heterocycles. The molecule has 0 spiro atoms. The third kappa shape index (κ3) is 5.52. The van der Waals surface area contributed by atoms with Crippen LogP contribution in [0.2, 0.25) is 5.02 Å². The number of benzene rings is 3. The van der Waals surface area contributed by atoms with Gasteiger partial charge >= 0.3 is 0 Å². The van der Waals surface area contributed by atoms with Crippen LogP contribution in [-0.4, -0.2) is 29.4 Å². The normalized spacial score (nSPS) is 17.9. The molecule has 4 aromatic rings. The van der Waals surface area contributed by atoms with Crippen molar-refractivity contribution >= 4 is 22.4 Å². The zero-order chi connectivity index (χ0) is 22.6. The fourth-order valence-corrected chi connectivity index (χ4v) is 5.04. The minimum Gasteiger partial charge on any atom is -1.00 e. The lowest BCUT2D eigenvalue weighted by Crippen LogP contribution is -3.13. The molecule has 5 rings (SSSR count). The molecular weight excluding hydrogens is 465 g/mol. The van der Waals surface area contributed by atoms with E-state index in [1.165, 1.54) is 5.56 Å². The van der Waals surface area contributed by atoms with E-state index in [9.17, 15) is 4.79 Å². The first-order valence-corrected chi connectivity index (χ1v) is 12.2. The van der Waals surface area contributed by atoms with Gasteiger partial charge in [-0.15, -0.1) is 0 Å². The molecule has 0 radical (unpaired) electrons. The number of hydrogen-bond acceptors (Lipinski definition) is 2. The van der Waals surface area contributed by atoms with Gasteiger partial charge in [-0.05, 0) is 29.3 Å². The zero-order valence-electron chi connectivity index (χ0n) is 19.1. The van der Waals surface area contributed by atoms with Crippen LogP contribution in [0, 0.1) is 0 Å². The average Bonchev–Trinajstić information content (AvgIpc) is 2.87. The zero-order valence-corrected chi connectivity index (χ0v) is 20.6. The maximum atomic E-state index is 13.3. The summed E-state index contributed by atoms with van der Waals surface area (Å²) >= 11 is 6.06. The Balaban J connectivity index is 0.00000274. The monoisotopic (exact) mass is 493 g/mol. The van der Waals surface area contributed by atoms with E-state index in [4.69, 9.17) is 16.7 Å². The van der Waals surface area contributed by atoms with Gasteiger partial charge in [0, 0.05) is 36.1 Å². The van der Waals surface area contributed by atoms with Crippen LogP contribution in [0.4, 0.5) is 0 Å². The third-order valence-electron chi connectivity index (χ3n) is 6.81. The van der Waals surface area contributed by atoms with Crippen LogP contribution in [-0.2, 0) is 12.8 Å². The third-order valence-corrected chi connectivity index (χ3v) is 7.06. The number of rotatable bonds is 6. The smallest absolute Gasteiger partial charge is 0.274 e. The Hall–Kier alpha value is -2.66. The summed E-state index contributed by atoms with van der Waals surface area (Å²) in [6.07, 6.45) is 3.74. The van der Waals surface area contributed by atoms with E-state index in [1.807, 2.05) is 48.5 Å². The number of halogens is 2. The summed E-state index contributed by atoms with van der Waals surface area (Å²) in [5, 5.41) is 7.35. The van der Waals surface area contributed by atoms with E-state index in [2.05, 4.69) is 30.3 Å². The van der Waals surface area contributed by atoms with Gasteiger partial charge in [-0.2, -0.15) is 5.10 Å². The molecule has 0 bridgehead atoms. The standard InChI is InChI=1S/C28H28ClN3O.ClH/c29-23-12-10-22(11-13-23)20-27-25-8-4-5-9-26(25)28(33)32(30-27)24-15-18-31(19-16-24)17-14-21-6-2-1-3-7-21;/h1-13,24H,14-20H2;1H. The van der Waals surface area contributed by atoms with Crippen molar-refractivity contribution in [1.29, 1.82) is 0 Å². The summed E-state index contributed by atoms with van der Waals surface area (Å²) in [5.74, 6) is 0. The van der Waals surface area contributed by atoms with Gasteiger partial charge in [0.15, 0.2) is 0 Å². The largest absolute Gasteiger partial charge is 1.00 e. The number of quaternary nitrogens is 1. The molecular formula is C28H29Cl2N3O. The molecule has 2 heterocycles. The Morgan fingerprint density at radius 2 is 1.50 bits per heavy atom. The molecule has 1 aliphatic rings. The summed E-state index contributed by atoms with van der Waals surface area (Å²) in [6.45, 7) is 3.29. The second-order valence-electron chi connectivity index (χ2n) is 9.01. The Labute approximate surface area is 211 Å². The molecule has 0 amide bonds. The summed E-state index contributed by atoms with van der Waals surface area (Å²) < 4.78 is 1.78. The van der Waals surface area contributed by atoms with Crippen molar-refractivity contribution in [2.24, 2.45) is 0 Å². The van der Waals surface area contributed by atoms with Crippen molar-refractivity contribution in [1.82, 2.24) is 9.78 Å². The SMILES string of the molecule is O=c1c2ccccc2c(Cc2ccc(Cl)cc2)nn1C1CC[NH+](CCc2ccccc2)CC1.[Cl-]. The van der Waals surface area contributed by atoms with Crippen LogP contribution in [0.3, 0.4) is 0 Å². The van der Waals surface area contributed by atoms with Gasteiger partial charge in [0.2, 0.25) is 0 Å². The van der Waals surface area contributed by atoms with Gasteiger partial charge < -0.3 is 17.3 Å². The quantitative estimate of drug-likeness (QED) is 0.437. The summed E-state index contributed by atoms with van der Waals surface area (Å²) in [4.78, 5) is 15.0. The van der Waals surface area contributed by atoms with E-state index in [0.29, 0.717) is 6.42 Å². The van der Waals surface area contributed by atoms with E-state index in [-0.39, 0.29) is 24.0 Å². The molecule has 4 nitrogen and oxygen atoms in total. The summed E-state index contributed by atoms with van der Waals surface area (Å²) in [5.41, 5.74) is 3.52. The van der Waals surface area contributed by atoms with Crippen molar-refractivity contribution < 1.29 is 17.3 Å². The fourth-order valence-electron chi connectivity index (χ4n) is 4.92. The molecule has 1 aromatic heterocycles. The summed E-state index contributed by atoms with van der Waals surface area (Å²) in [6, 6.07) is 26.6. The Morgan fingerprint density at radius 3 is 2.21 bits per heavy atom. The molecule has 0 aliphatic carbocycles. The van der Waals surface area contributed by atoms with Crippen LogP contribution in [0.1, 0.15) is 35.7 Å². The minimum atomic E-state index is 0. The molecule has 3 aromatic carbocycles. The van der Waals surface area contributed by atoms with E-state index >= 15 is 0 Å². The lowest BCUT2D eigenvalue weighted by atomic mass is 10.0. The lowest BCUT2D eigenvalue weighted by molar-refractivity contribution is -0.905. The molecule has 6 heteroatoms. The number of fused-ring (bicyclic) bond motifs is 1. The highest BCUT2D eigenvalue weighted by atomic mass is 35.5. The molecule has 1 N–H and O–H groups in total. The molecule has 34 heavy (non-hydrogen) atoms. The number of nitrogens with one attached hydrogen (secondary N) is 1. The first-order chi connectivity index (χ1) is 16.2. The van der Waals surface area contributed by atoms with Gasteiger partial charge in [-0.3, -0.25) is 4.79 Å². The topological polar surface area (TPSA) is 39.3 Å². The highest BCUT2D eigenvalue weighted by Crippen LogP contribution is 2.21. The van der Waals surface area contributed by atoms with Crippen molar-refractivity contribution in [3.63, 3.8) is 0 Å². The van der Waals surface area contributed by atoms with Crippen LogP contribution in [0.25, 0.3) is 10.8 Å². The molecule has 0 saturated carbocycles. The van der Waals surface area contributed by atoms with Crippen LogP contribution >= 0.6 is 11.6 Å². The number of piperidine rings is 1. The predicted molar refractivity (Wildman–Crippen MR) is 134 cm³/mol. The van der Waals surface area contributed by atoms with E-state index < -0.39 is 0 Å². The fraction of sp³-hybridized carbons (Fsp3) is 0.286. The second-order valence-corrected chi connectivity index (χ2v) is 9.45. The molecule has 0 unspecified atom stereocenters. The Morgan fingerprint density at radius 1 is 0.853 bits per heavy atom. The van der Waals surface area contributed by atoms with Crippen molar-refractivity contribution in [3.05, 3.63) is 111 Å². The molecule has 1 aliphatic heterocycles. The summed E-state index contributed by atoms with van der Waals surface area (Å²) in [7, 11) is 0. The first kappa shape index (κ1) is 24.5. The van der Waals surface area contributed by atoms with Crippen LogP contribution < -0.4 is 22.9 Å².